The first-order valence-corrected chi connectivity index (χ1v) is 6.04. The zero-order valence-corrected chi connectivity index (χ0v) is 9.46. The number of hydrogen-bond acceptors (Lipinski definition) is 2. The second-order valence-electron chi connectivity index (χ2n) is 4.73. The summed E-state index contributed by atoms with van der Waals surface area (Å²) in [5.41, 5.74) is 0. The van der Waals surface area contributed by atoms with Crippen molar-refractivity contribution in [2.75, 3.05) is 19.6 Å². The highest BCUT2D eigenvalue weighted by atomic mass is 16.2. The van der Waals surface area contributed by atoms with Gasteiger partial charge in [-0.25, -0.2) is 4.79 Å². The van der Waals surface area contributed by atoms with Crippen molar-refractivity contribution in [3.8, 4) is 0 Å². The largest absolute Gasteiger partial charge is 0.338 e. The molecule has 2 N–H and O–H groups in total. The maximum atomic E-state index is 11.5. The summed E-state index contributed by atoms with van der Waals surface area (Å²) in [5, 5.41) is 6.45. The minimum absolute atomic E-state index is 0.112. The molecule has 2 unspecified atom stereocenters. The Morgan fingerprint density at radius 1 is 1.40 bits per heavy atom. The molecule has 4 nitrogen and oxygen atoms in total. The van der Waals surface area contributed by atoms with Gasteiger partial charge in [-0.1, -0.05) is 6.42 Å². The maximum Gasteiger partial charge on any atom is 0.317 e. The third-order valence-corrected chi connectivity index (χ3v) is 3.32. The van der Waals surface area contributed by atoms with E-state index in [4.69, 9.17) is 0 Å². The van der Waals surface area contributed by atoms with Crippen molar-refractivity contribution in [2.24, 2.45) is 0 Å². The van der Waals surface area contributed by atoms with Crippen LogP contribution in [0.15, 0.2) is 0 Å². The molecule has 0 aromatic carbocycles. The first kappa shape index (κ1) is 10.7. The summed E-state index contributed by atoms with van der Waals surface area (Å²) in [6.45, 7) is 4.85. The molecular weight excluding hydrogens is 190 g/mol. The molecule has 15 heavy (non-hydrogen) atoms. The Morgan fingerprint density at radius 2 is 2.27 bits per heavy atom. The van der Waals surface area contributed by atoms with Crippen LogP contribution in [0.4, 0.5) is 4.79 Å². The first-order chi connectivity index (χ1) is 7.25. The van der Waals surface area contributed by atoms with Crippen molar-refractivity contribution in [1.29, 1.82) is 0 Å². The molecule has 0 bridgehead atoms. The van der Waals surface area contributed by atoms with Gasteiger partial charge in [0.2, 0.25) is 0 Å². The predicted octanol–water partition coefficient (Wildman–Crippen LogP) is 0.932. The van der Waals surface area contributed by atoms with E-state index < -0.39 is 0 Å². The monoisotopic (exact) mass is 211 g/mol. The molecule has 0 radical (unpaired) electrons. The zero-order valence-electron chi connectivity index (χ0n) is 9.46. The molecule has 2 saturated heterocycles. The van der Waals surface area contributed by atoms with Crippen molar-refractivity contribution in [3.63, 3.8) is 0 Å². The average molecular weight is 211 g/mol. The lowest BCUT2D eigenvalue weighted by Gasteiger charge is -2.35. The van der Waals surface area contributed by atoms with Gasteiger partial charge in [-0.2, -0.15) is 0 Å². The van der Waals surface area contributed by atoms with Crippen LogP contribution < -0.4 is 10.6 Å². The van der Waals surface area contributed by atoms with Gasteiger partial charge in [-0.15, -0.1) is 0 Å². The van der Waals surface area contributed by atoms with Crippen LogP contribution >= 0.6 is 0 Å². The Balaban J connectivity index is 1.81. The second kappa shape index (κ2) is 4.84. The highest BCUT2D eigenvalue weighted by Gasteiger charge is 2.24. The number of carbonyl (C=O) groups excluding carboxylic acids is 1. The fraction of sp³-hybridized carbons (Fsp3) is 0.909. The smallest absolute Gasteiger partial charge is 0.317 e. The van der Waals surface area contributed by atoms with Gasteiger partial charge < -0.3 is 15.5 Å². The molecule has 2 fully saturated rings. The topological polar surface area (TPSA) is 44.4 Å². The van der Waals surface area contributed by atoms with E-state index in [1.165, 1.54) is 19.3 Å². The molecule has 2 amide bonds. The van der Waals surface area contributed by atoms with Crippen LogP contribution in [-0.2, 0) is 0 Å². The van der Waals surface area contributed by atoms with Gasteiger partial charge >= 0.3 is 6.03 Å². The van der Waals surface area contributed by atoms with E-state index in [0.717, 1.165) is 26.1 Å². The van der Waals surface area contributed by atoms with E-state index in [9.17, 15) is 4.79 Å². The number of rotatable bonds is 2. The molecule has 2 rings (SSSR count). The van der Waals surface area contributed by atoms with E-state index in [1.54, 1.807) is 0 Å². The molecule has 0 aromatic rings. The van der Waals surface area contributed by atoms with E-state index in [0.29, 0.717) is 12.1 Å². The summed E-state index contributed by atoms with van der Waals surface area (Å²) in [5.74, 6) is 0. The second-order valence-corrected chi connectivity index (χ2v) is 4.73. The van der Waals surface area contributed by atoms with Crippen LogP contribution in [0.25, 0.3) is 0 Å². The SMILES string of the molecule is CC1CCCC(CN2CCCNC2=O)N1. The molecule has 0 saturated carbocycles. The van der Waals surface area contributed by atoms with Gasteiger partial charge in [0.15, 0.2) is 0 Å². The Labute approximate surface area is 91.4 Å². The van der Waals surface area contributed by atoms with Gasteiger partial charge in [0.1, 0.15) is 0 Å². The van der Waals surface area contributed by atoms with Crippen molar-refractivity contribution in [3.05, 3.63) is 0 Å². The third-order valence-electron chi connectivity index (χ3n) is 3.32. The summed E-state index contributed by atoms with van der Waals surface area (Å²) >= 11 is 0. The minimum atomic E-state index is 0.112. The van der Waals surface area contributed by atoms with Gasteiger partial charge in [0, 0.05) is 31.7 Å². The van der Waals surface area contributed by atoms with E-state index in [2.05, 4.69) is 17.6 Å². The Kier molecular flexibility index (Phi) is 3.46. The van der Waals surface area contributed by atoms with Crippen molar-refractivity contribution in [2.45, 2.75) is 44.7 Å². The van der Waals surface area contributed by atoms with Gasteiger partial charge in [-0.3, -0.25) is 0 Å². The summed E-state index contributed by atoms with van der Waals surface area (Å²) in [7, 11) is 0. The van der Waals surface area contributed by atoms with Crippen molar-refractivity contribution in [1.82, 2.24) is 15.5 Å². The molecule has 2 heterocycles. The molecule has 86 valence electrons. The molecule has 0 spiro atoms. The van der Waals surface area contributed by atoms with Gasteiger partial charge in [0.05, 0.1) is 0 Å². The Hall–Kier alpha value is -0.770. The van der Waals surface area contributed by atoms with Crippen LogP contribution in [-0.4, -0.2) is 42.6 Å². The maximum absolute atomic E-state index is 11.5. The van der Waals surface area contributed by atoms with Gasteiger partial charge in [0.25, 0.3) is 0 Å². The normalized spacial score (nSPS) is 32.6. The van der Waals surface area contributed by atoms with Gasteiger partial charge in [-0.05, 0) is 26.2 Å². The zero-order chi connectivity index (χ0) is 10.7. The minimum Gasteiger partial charge on any atom is -0.338 e. The fourth-order valence-corrected chi connectivity index (χ4v) is 2.50. The number of hydrogen-bond donors (Lipinski definition) is 2. The van der Waals surface area contributed by atoms with Crippen LogP contribution in [0.1, 0.15) is 32.6 Å². The average Bonchev–Trinajstić information content (AvgIpc) is 2.22. The molecule has 2 aliphatic rings. The number of amides is 2. The predicted molar refractivity (Wildman–Crippen MR) is 59.8 cm³/mol. The number of nitrogens with zero attached hydrogens (tertiary/aromatic N) is 1. The molecular formula is C11H21N3O. The summed E-state index contributed by atoms with van der Waals surface area (Å²) in [6, 6.07) is 1.22. The highest BCUT2D eigenvalue weighted by molar-refractivity contribution is 5.74. The van der Waals surface area contributed by atoms with Crippen LogP contribution in [0, 0.1) is 0 Å². The third kappa shape index (κ3) is 2.84. The van der Waals surface area contributed by atoms with E-state index in [-0.39, 0.29) is 6.03 Å². The standard InChI is InChI=1S/C11H21N3O/c1-9-4-2-5-10(13-9)8-14-7-3-6-12-11(14)15/h9-10,13H,2-8H2,1H3,(H,12,15). The van der Waals surface area contributed by atoms with E-state index in [1.807, 2.05) is 4.90 Å². The lowest BCUT2D eigenvalue weighted by atomic mass is 9.99. The van der Waals surface area contributed by atoms with Crippen LogP contribution in [0.3, 0.4) is 0 Å². The number of urea groups is 1. The van der Waals surface area contributed by atoms with Crippen molar-refractivity contribution < 1.29 is 4.79 Å². The molecule has 2 atom stereocenters. The Morgan fingerprint density at radius 3 is 3.00 bits per heavy atom. The lowest BCUT2D eigenvalue weighted by molar-refractivity contribution is 0.171. The Bertz CT molecular complexity index is 232. The number of piperidine rings is 1. The molecule has 0 aromatic heterocycles. The van der Waals surface area contributed by atoms with E-state index >= 15 is 0 Å². The van der Waals surface area contributed by atoms with Crippen LogP contribution in [0.5, 0.6) is 0 Å². The lowest BCUT2D eigenvalue weighted by Crippen LogP contribution is -2.53. The first-order valence-electron chi connectivity index (χ1n) is 6.04. The molecule has 4 heteroatoms. The van der Waals surface area contributed by atoms with Crippen molar-refractivity contribution >= 4 is 6.03 Å². The summed E-state index contributed by atoms with van der Waals surface area (Å²) in [4.78, 5) is 13.5. The number of nitrogens with one attached hydrogen (secondary N) is 2. The molecule has 0 aliphatic carbocycles. The molecule has 2 aliphatic heterocycles. The fourth-order valence-electron chi connectivity index (χ4n) is 2.50. The highest BCUT2D eigenvalue weighted by Crippen LogP contribution is 2.14. The summed E-state index contributed by atoms with van der Waals surface area (Å²) in [6.07, 6.45) is 4.83. The quantitative estimate of drug-likeness (QED) is 0.713. The summed E-state index contributed by atoms with van der Waals surface area (Å²) < 4.78 is 0. The van der Waals surface area contributed by atoms with Crippen LogP contribution in [0.2, 0.25) is 0 Å². The number of carbonyl (C=O) groups is 1.